The molecule has 1 saturated carbocycles. The summed E-state index contributed by atoms with van der Waals surface area (Å²) in [5.74, 6) is 0.0164. The summed E-state index contributed by atoms with van der Waals surface area (Å²) in [5, 5.41) is 3.88. The molecule has 0 aromatic heterocycles. The van der Waals surface area contributed by atoms with E-state index in [4.69, 9.17) is 21.1 Å². The monoisotopic (exact) mass is 368 g/mol. The maximum atomic E-state index is 13.0. The van der Waals surface area contributed by atoms with Gasteiger partial charge in [0.15, 0.2) is 6.29 Å². The molecule has 1 N–H and O–H groups in total. The Morgan fingerprint density at radius 3 is 2.36 bits per heavy atom. The van der Waals surface area contributed by atoms with Crippen LogP contribution < -0.4 is 5.32 Å². The normalized spacial score (nSPS) is 17.0. The fraction of sp³-hybridized carbons (Fsp3) is 0.632. The summed E-state index contributed by atoms with van der Waals surface area (Å²) >= 11 is 6.01. The van der Waals surface area contributed by atoms with Crippen LogP contribution in [-0.4, -0.2) is 51.0 Å². The van der Waals surface area contributed by atoms with E-state index in [1.165, 1.54) is 19.3 Å². The van der Waals surface area contributed by atoms with E-state index in [-0.39, 0.29) is 18.2 Å². The molecular formula is C19H29ClN2O3. The predicted molar refractivity (Wildman–Crippen MR) is 99.6 cm³/mol. The molecule has 1 aliphatic rings. The molecule has 0 bridgehead atoms. The van der Waals surface area contributed by atoms with Gasteiger partial charge in [0.2, 0.25) is 5.91 Å². The number of nitrogens with one attached hydrogen (secondary N) is 1. The predicted octanol–water partition coefficient (Wildman–Crippen LogP) is 3.38. The maximum Gasteiger partial charge on any atom is 0.242 e. The van der Waals surface area contributed by atoms with Crippen LogP contribution in [0.5, 0.6) is 0 Å². The van der Waals surface area contributed by atoms with Crippen LogP contribution >= 0.6 is 11.6 Å². The molecular weight excluding hydrogens is 340 g/mol. The summed E-state index contributed by atoms with van der Waals surface area (Å²) in [6.45, 7) is 0.485. The number of benzene rings is 1. The minimum Gasteiger partial charge on any atom is -0.355 e. The number of halogens is 1. The van der Waals surface area contributed by atoms with Crippen molar-refractivity contribution < 1.29 is 14.3 Å². The summed E-state index contributed by atoms with van der Waals surface area (Å²) in [4.78, 5) is 15.0. The Labute approximate surface area is 155 Å². The third-order valence-corrected chi connectivity index (χ3v) is 5.04. The second-order valence-corrected chi connectivity index (χ2v) is 7.07. The van der Waals surface area contributed by atoms with Gasteiger partial charge in [0, 0.05) is 25.3 Å². The van der Waals surface area contributed by atoms with Crippen LogP contribution in [0.2, 0.25) is 5.02 Å². The smallest absolute Gasteiger partial charge is 0.242 e. The third-order valence-electron chi connectivity index (χ3n) is 4.79. The van der Waals surface area contributed by atoms with Gasteiger partial charge in [-0.3, -0.25) is 9.69 Å². The number of likely N-dealkylation sites (N-methyl/N-ethyl adjacent to an activating group) is 1. The minimum atomic E-state index is -0.410. The van der Waals surface area contributed by atoms with Gasteiger partial charge in [-0.25, -0.2) is 0 Å². The van der Waals surface area contributed by atoms with E-state index >= 15 is 0 Å². The van der Waals surface area contributed by atoms with E-state index < -0.39 is 6.04 Å². The first kappa shape index (κ1) is 20.2. The largest absolute Gasteiger partial charge is 0.355 e. The Morgan fingerprint density at radius 1 is 1.20 bits per heavy atom. The van der Waals surface area contributed by atoms with Crippen molar-refractivity contribution in [2.75, 3.05) is 27.8 Å². The van der Waals surface area contributed by atoms with E-state index in [1.807, 2.05) is 36.2 Å². The molecule has 1 amide bonds. The number of amides is 1. The SMILES string of the molecule is COC(CN(C)[C@@H](C(=O)NC1CCCCC1)c1ccc(Cl)cc1)OC. The Kier molecular flexibility index (Phi) is 8.16. The first-order chi connectivity index (χ1) is 12.0. The second kappa shape index (κ2) is 10.1. The summed E-state index contributed by atoms with van der Waals surface area (Å²) in [6, 6.07) is 7.29. The van der Waals surface area contributed by atoms with Gasteiger partial charge >= 0.3 is 0 Å². The lowest BCUT2D eigenvalue weighted by Gasteiger charge is -2.32. The molecule has 0 radical (unpaired) electrons. The van der Waals surface area contributed by atoms with E-state index in [1.54, 1.807) is 14.2 Å². The zero-order valence-corrected chi connectivity index (χ0v) is 16.1. The molecule has 140 valence electrons. The van der Waals surface area contributed by atoms with Crippen LogP contribution in [0.15, 0.2) is 24.3 Å². The van der Waals surface area contributed by atoms with Crippen LogP contribution in [0.3, 0.4) is 0 Å². The quantitative estimate of drug-likeness (QED) is 0.715. The van der Waals surface area contributed by atoms with Gasteiger partial charge in [-0.2, -0.15) is 0 Å². The van der Waals surface area contributed by atoms with Gasteiger partial charge in [0.25, 0.3) is 0 Å². The lowest BCUT2D eigenvalue weighted by atomic mass is 9.94. The fourth-order valence-corrected chi connectivity index (χ4v) is 3.49. The third kappa shape index (κ3) is 5.96. The molecule has 2 rings (SSSR count). The van der Waals surface area contributed by atoms with Crippen LogP contribution in [0.4, 0.5) is 0 Å². The van der Waals surface area contributed by atoms with Crippen molar-refractivity contribution in [3.05, 3.63) is 34.9 Å². The van der Waals surface area contributed by atoms with Crippen LogP contribution in [0, 0.1) is 0 Å². The molecule has 6 heteroatoms. The topological polar surface area (TPSA) is 50.8 Å². The number of methoxy groups -OCH3 is 2. The van der Waals surface area contributed by atoms with Gasteiger partial charge in [-0.05, 0) is 37.6 Å². The first-order valence-corrected chi connectivity index (χ1v) is 9.24. The molecule has 1 aromatic rings. The number of nitrogens with zero attached hydrogens (tertiary/aromatic N) is 1. The van der Waals surface area contributed by atoms with Crippen molar-refractivity contribution in [2.24, 2.45) is 0 Å². The molecule has 1 fully saturated rings. The van der Waals surface area contributed by atoms with E-state index in [0.717, 1.165) is 18.4 Å². The maximum absolute atomic E-state index is 13.0. The highest BCUT2D eigenvalue weighted by Gasteiger charge is 2.29. The molecule has 0 saturated heterocycles. The van der Waals surface area contributed by atoms with Crippen molar-refractivity contribution >= 4 is 17.5 Å². The van der Waals surface area contributed by atoms with Crippen molar-refractivity contribution in [2.45, 2.75) is 50.5 Å². The Morgan fingerprint density at radius 2 is 1.80 bits per heavy atom. The van der Waals surface area contributed by atoms with E-state index in [9.17, 15) is 4.79 Å². The molecule has 1 atom stereocenters. The average Bonchev–Trinajstić information content (AvgIpc) is 2.62. The van der Waals surface area contributed by atoms with Gasteiger partial charge in [0.1, 0.15) is 6.04 Å². The lowest BCUT2D eigenvalue weighted by Crippen LogP contribution is -2.46. The molecule has 1 aromatic carbocycles. The number of hydrogen-bond acceptors (Lipinski definition) is 4. The first-order valence-electron chi connectivity index (χ1n) is 8.86. The van der Waals surface area contributed by atoms with Crippen LogP contribution in [0.1, 0.15) is 43.7 Å². The van der Waals surface area contributed by atoms with Crippen LogP contribution in [-0.2, 0) is 14.3 Å². The number of carbonyl (C=O) groups excluding carboxylic acids is 1. The summed E-state index contributed by atoms with van der Waals surface area (Å²) < 4.78 is 10.6. The zero-order valence-electron chi connectivity index (χ0n) is 15.3. The standard InChI is InChI=1S/C19H29ClN2O3/c1-22(13-17(24-2)25-3)18(14-9-11-15(20)12-10-14)19(23)21-16-7-5-4-6-8-16/h9-12,16-18H,4-8,13H2,1-3H3,(H,21,23)/t18-/m1/s1. The van der Waals surface area contributed by atoms with Crippen molar-refractivity contribution in [3.63, 3.8) is 0 Å². The number of hydrogen-bond donors (Lipinski definition) is 1. The highest BCUT2D eigenvalue weighted by Crippen LogP contribution is 2.24. The molecule has 0 spiro atoms. The number of rotatable bonds is 8. The Balaban J connectivity index is 2.15. The van der Waals surface area contributed by atoms with Crippen molar-refractivity contribution in [1.82, 2.24) is 10.2 Å². The average molecular weight is 369 g/mol. The summed E-state index contributed by atoms with van der Waals surface area (Å²) in [5.41, 5.74) is 0.908. The molecule has 0 unspecified atom stereocenters. The summed E-state index contributed by atoms with van der Waals surface area (Å²) in [7, 11) is 5.10. The molecule has 25 heavy (non-hydrogen) atoms. The van der Waals surface area contributed by atoms with Gasteiger partial charge < -0.3 is 14.8 Å². The lowest BCUT2D eigenvalue weighted by molar-refractivity contribution is -0.135. The molecule has 5 nitrogen and oxygen atoms in total. The minimum absolute atomic E-state index is 0.0164. The highest BCUT2D eigenvalue weighted by molar-refractivity contribution is 6.30. The van der Waals surface area contributed by atoms with Gasteiger partial charge in [-0.15, -0.1) is 0 Å². The summed E-state index contributed by atoms with van der Waals surface area (Å²) in [6.07, 6.45) is 5.35. The molecule has 0 heterocycles. The van der Waals surface area contributed by atoms with Crippen molar-refractivity contribution in [3.8, 4) is 0 Å². The molecule has 0 aliphatic heterocycles. The fourth-order valence-electron chi connectivity index (χ4n) is 3.36. The van der Waals surface area contributed by atoms with Crippen molar-refractivity contribution in [1.29, 1.82) is 0 Å². The zero-order chi connectivity index (χ0) is 18.2. The Hall–Kier alpha value is -1.14. The van der Waals surface area contributed by atoms with Gasteiger partial charge in [-0.1, -0.05) is 43.0 Å². The van der Waals surface area contributed by atoms with E-state index in [2.05, 4.69) is 5.32 Å². The Bertz CT molecular complexity index is 528. The highest BCUT2D eigenvalue weighted by atomic mass is 35.5. The second-order valence-electron chi connectivity index (χ2n) is 6.64. The number of carbonyl (C=O) groups is 1. The van der Waals surface area contributed by atoms with E-state index in [0.29, 0.717) is 11.6 Å². The number of ether oxygens (including phenoxy) is 2. The van der Waals surface area contributed by atoms with Crippen LogP contribution in [0.25, 0.3) is 0 Å². The molecule has 1 aliphatic carbocycles. The van der Waals surface area contributed by atoms with Gasteiger partial charge in [0.05, 0.1) is 6.54 Å².